The van der Waals surface area contributed by atoms with E-state index >= 15 is 0 Å². The molecular formula is C30H29F3N2O6S. The van der Waals surface area contributed by atoms with Crippen LogP contribution in [0.4, 0.5) is 18.9 Å². The molecule has 4 rings (SSSR count). The van der Waals surface area contributed by atoms with Crippen LogP contribution >= 0.6 is 0 Å². The maximum absolute atomic E-state index is 12.9. The minimum atomic E-state index is -4.54. The predicted octanol–water partition coefficient (Wildman–Crippen LogP) is 4.18. The number of carbonyl (C=O) groups excluding carboxylic acids is 2. The van der Waals surface area contributed by atoms with Gasteiger partial charge in [-0.3, -0.25) is 9.59 Å². The summed E-state index contributed by atoms with van der Waals surface area (Å²) in [5.74, 6) is -0.540. The number of carbonyl (C=O) groups is 2. The molecule has 3 aromatic rings. The van der Waals surface area contributed by atoms with Crippen LogP contribution in [-0.4, -0.2) is 56.3 Å². The topological polar surface area (TPSA) is 113 Å². The highest BCUT2D eigenvalue weighted by molar-refractivity contribution is 7.91. The van der Waals surface area contributed by atoms with Crippen molar-refractivity contribution in [3.63, 3.8) is 0 Å². The van der Waals surface area contributed by atoms with Gasteiger partial charge in [0.05, 0.1) is 35.9 Å². The van der Waals surface area contributed by atoms with E-state index in [0.717, 1.165) is 6.07 Å². The van der Waals surface area contributed by atoms with Crippen LogP contribution < -0.4 is 15.0 Å². The molecule has 0 aliphatic carbocycles. The molecule has 3 aromatic carbocycles. The van der Waals surface area contributed by atoms with Crippen LogP contribution in [0.1, 0.15) is 47.8 Å². The summed E-state index contributed by atoms with van der Waals surface area (Å²) >= 11 is 0. The molecule has 0 bridgehead atoms. The van der Waals surface area contributed by atoms with Crippen LogP contribution in [0.25, 0.3) is 0 Å². The van der Waals surface area contributed by atoms with Gasteiger partial charge in [-0.2, -0.15) is 13.2 Å². The van der Waals surface area contributed by atoms with E-state index in [1.807, 2.05) is 4.90 Å². The molecule has 1 saturated heterocycles. The molecule has 2 N–H and O–H groups in total. The van der Waals surface area contributed by atoms with Gasteiger partial charge in [-0.1, -0.05) is 25.1 Å². The number of alkyl halides is 3. The molecule has 222 valence electrons. The van der Waals surface area contributed by atoms with Crippen molar-refractivity contribution in [2.24, 2.45) is 0 Å². The number of sulfone groups is 1. The summed E-state index contributed by atoms with van der Waals surface area (Å²) in [6.45, 7) is 2.86. The quantitative estimate of drug-likeness (QED) is 0.358. The first-order valence-electron chi connectivity index (χ1n) is 13.1. The summed E-state index contributed by atoms with van der Waals surface area (Å²) in [6.07, 6.45) is -4.72. The van der Waals surface area contributed by atoms with E-state index < -0.39 is 52.3 Å². The molecule has 1 aliphatic rings. The van der Waals surface area contributed by atoms with Crippen molar-refractivity contribution >= 4 is 27.2 Å². The monoisotopic (exact) mass is 602 g/mol. The van der Waals surface area contributed by atoms with Gasteiger partial charge in [0.2, 0.25) is 0 Å². The molecule has 1 aliphatic heterocycles. The Morgan fingerprint density at radius 2 is 1.74 bits per heavy atom. The number of amides is 1. The number of hydrogen-bond acceptors (Lipinski definition) is 7. The number of hydrogen-bond donors (Lipinski definition) is 2. The molecule has 0 spiro atoms. The highest BCUT2D eigenvalue weighted by Gasteiger charge is 2.37. The Bertz CT molecular complexity index is 1510. The Hall–Kier alpha value is -4.08. The number of ether oxygens (including phenoxy) is 1. The zero-order valence-corrected chi connectivity index (χ0v) is 23.6. The molecule has 0 radical (unpaired) electrons. The molecule has 0 saturated carbocycles. The van der Waals surface area contributed by atoms with Crippen molar-refractivity contribution in [2.75, 3.05) is 23.8 Å². The molecule has 1 amide bonds. The Morgan fingerprint density at radius 3 is 2.26 bits per heavy atom. The fourth-order valence-corrected chi connectivity index (χ4v) is 5.58. The van der Waals surface area contributed by atoms with Crippen LogP contribution in [0, 0.1) is 12.1 Å². The number of Topliss-reactive ketones (excluding diaryl/α,β-unsaturated/α-hetero) is 1. The summed E-state index contributed by atoms with van der Waals surface area (Å²) in [7, 11) is -3.38. The summed E-state index contributed by atoms with van der Waals surface area (Å²) in [5, 5.41) is 12.6. The van der Waals surface area contributed by atoms with E-state index in [2.05, 4.69) is 17.4 Å². The van der Waals surface area contributed by atoms with Crippen LogP contribution in [0.5, 0.6) is 5.75 Å². The van der Waals surface area contributed by atoms with Crippen molar-refractivity contribution in [3.8, 4) is 5.75 Å². The lowest BCUT2D eigenvalue weighted by molar-refractivity contribution is -0.137. The second kappa shape index (κ2) is 12.4. The Labute approximate surface area is 242 Å². The summed E-state index contributed by atoms with van der Waals surface area (Å²) in [4.78, 5) is 27.3. The van der Waals surface area contributed by atoms with Crippen molar-refractivity contribution in [1.82, 2.24) is 5.32 Å². The van der Waals surface area contributed by atoms with E-state index in [1.165, 1.54) is 25.1 Å². The fraction of sp³-hybridized carbons (Fsp3) is 0.333. The number of aliphatic hydroxyl groups is 1. The average molecular weight is 603 g/mol. The minimum absolute atomic E-state index is 0.0444. The van der Waals surface area contributed by atoms with Crippen molar-refractivity contribution in [3.05, 3.63) is 89.5 Å². The lowest BCUT2D eigenvalue weighted by Crippen LogP contribution is -2.35. The van der Waals surface area contributed by atoms with Gasteiger partial charge in [0, 0.05) is 17.7 Å². The number of ketones is 1. The third-order valence-electron chi connectivity index (χ3n) is 7.02. The van der Waals surface area contributed by atoms with E-state index in [0.29, 0.717) is 23.2 Å². The van der Waals surface area contributed by atoms with Crippen molar-refractivity contribution in [1.29, 1.82) is 0 Å². The highest BCUT2D eigenvalue weighted by atomic mass is 32.2. The smallest absolute Gasteiger partial charge is 0.424 e. The van der Waals surface area contributed by atoms with Crippen molar-refractivity contribution in [2.45, 2.75) is 49.5 Å². The minimum Gasteiger partial charge on any atom is -0.480 e. The van der Waals surface area contributed by atoms with Gasteiger partial charge < -0.3 is 20.1 Å². The molecule has 42 heavy (non-hydrogen) atoms. The predicted molar refractivity (Wildman–Crippen MR) is 148 cm³/mol. The van der Waals surface area contributed by atoms with Crippen LogP contribution in [0.2, 0.25) is 0 Å². The van der Waals surface area contributed by atoms with Crippen LogP contribution in [0.3, 0.4) is 0 Å². The van der Waals surface area contributed by atoms with Crippen LogP contribution in [0.15, 0.2) is 65.6 Å². The lowest BCUT2D eigenvalue weighted by Gasteiger charge is -2.24. The van der Waals surface area contributed by atoms with E-state index in [4.69, 9.17) is 4.74 Å². The first-order chi connectivity index (χ1) is 19.8. The number of nitrogens with one attached hydrogen (secondary N) is 1. The van der Waals surface area contributed by atoms with Gasteiger partial charge in [0.1, 0.15) is 11.7 Å². The second-order valence-electron chi connectivity index (χ2n) is 9.84. The third-order valence-corrected chi connectivity index (χ3v) is 8.77. The molecule has 0 aromatic heterocycles. The molecule has 3 atom stereocenters. The molecule has 0 unspecified atom stereocenters. The molecule has 1 heterocycles. The van der Waals surface area contributed by atoms with Gasteiger partial charge in [-0.05, 0) is 67.1 Å². The summed E-state index contributed by atoms with van der Waals surface area (Å²) in [5.41, 5.74) is 0.517. The van der Waals surface area contributed by atoms with E-state index in [-0.39, 0.29) is 28.7 Å². The number of rotatable bonds is 10. The highest BCUT2D eigenvalue weighted by Crippen LogP contribution is 2.31. The van der Waals surface area contributed by atoms with E-state index in [1.54, 1.807) is 43.3 Å². The Kier molecular flexibility index (Phi) is 9.13. The number of benzene rings is 2. The Morgan fingerprint density at radius 1 is 1.07 bits per heavy atom. The number of halogens is 3. The van der Waals surface area contributed by atoms with Gasteiger partial charge in [-0.25, -0.2) is 8.42 Å². The first kappa shape index (κ1) is 30.9. The average Bonchev–Trinajstić information content (AvgIpc) is 3.40. The van der Waals surface area contributed by atoms with Gasteiger partial charge >= 0.3 is 6.18 Å². The third kappa shape index (κ3) is 7.03. The zero-order valence-electron chi connectivity index (χ0n) is 22.8. The second-order valence-corrected chi connectivity index (χ2v) is 12.1. The van der Waals surface area contributed by atoms with Crippen LogP contribution in [-0.2, 0) is 20.8 Å². The number of nitrogens with zero attached hydrogens (tertiary/aromatic N) is 1. The largest absolute Gasteiger partial charge is 0.480 e. The van der Waals surface area contributed by atoms with Crippen molar-refractivity contribution < 1.29 is 41.0 Å². The summed E-state index contributed by atoms with van der Waals surface area (Å²) < 4.78 is 68.3. The van der Waals surface area contributed by atoms with Gasteiger partial charge in [0.15, 0.2) is 21.4 Å². The van der Waals surface area contributed by atoms with E-state index in [9.17, 15) is 36.3 Å². The molecule has 1 fully saturated rings. The normalized spacial score (nSPS) is 17.8. The maximum atomic E-state index is 12.9. The molecular weight excluding hydrogens is 573 g/mol. The lowest BCUT2D eigenvalue weighted by atomic mass is 10.1. The summed E-state index contributed by atoms with van der Waals surface area (Å²) in [6, 6.07) is 17.6. The molecule has 8 nitrogen and oxygen atoms in total. The SMILES string of the molecule is CCS(=O)(=O)c1ccc([C@H](CO)NC(=O)c2ccc(N3C[C@H](Oc4c#cc(C(F)(F)F)cc4)C[C@H]3C(C)=O)cc2)cc1. The number of anilines is 1. The zero-order chi connectivity index (χ0) is 30.7. The Balaban J connectivity index is 1.42. The van der Waals surface area contributed by atoms with Gasteiger partial charge in [-0.15, -0.1) is 0 Å². The van der Waals surface area contributed by atoms with Gasteiger partial charge in [0.25, 0.3) is 5.91 Å². The fourth-order valence-electron chi connectivity index (χ4n) is 4.69. The standard InChI is InChI=1S/C30H29F3N2O6S/c1-3-42(39,40)26-14-6-20(7-15-26)27(18-36)34-29(38)21-4-10-23(11-5-21)35-17-25(16-28(35)19(2)37)41-24-12-8-22(9-13-24)30(31,32)33/h4-8,10-12,14-15,25,27-28,36H,3,16-18H2,1-2H3,(H,34,38)/t25-,27+,28+/m1/s1. The number of aliphatic hydroxyl groups excluding tert-OH is 1. The maximum Gasteiger partial charge on any atom is 0.424 e. The molecule has 12 heteroatoms. The first-order valence-corrected chi connectivity index (χ1v) is 14.8.